The Morgan fingerprint density at radius 2 is 2.20 bits per heavy atom. The summed E-state index contributed by atoms with van der Waals surface area (Å²) in [6.07, 6.45) is 3.15. The van der Waals surface area contributed by atoms with Gasteiger partial charge >= 0.3 is 0 Å². The SMILES string of the molecule is CC(C)(C#N)c1c[nH]c2ncnc(Cl)c12. The zero-order valence-electron chi connectivity index (χ0n) is 8.37. The Labute approximate surface area is 91.9 Å². The van der Waals surface area contributed by atoms with E-state index in [1.54, 1.807) is 6.20 Å². The molecule has 2 rings (SSSR count). The molecule has 2 aromatic heterocycles. The molecule has 0 unspecified atom stereocenters. The van der Waals surface area contributed by atoms with Crippen LogP contribution in [0.3, 0.4) is 0 Å². The maximum Gasteiger partial charge on any atom is 0.142 e. The summed E-state index contributed by atoms with van der Waals surface area (Å²) < 4.78 is 0. The molecule has 2 aromatic rings. The molecule has 0 fully saturated rings. The van der Waals surface area contributed by atoms with Crippen molar-refractivity contribution < 1.29 is 0 Å². The molecule has 4 nitrogen and oxygen atoms in total. The molecule has 0 bridgehead atoms. The number of nitrogens with one attached hydrogen (secondary N) is 1. The third kappa shape index (κ3) is 1.45. The van der Waals surface area contributed by atoms with Gasteiger partial charge in [0.2, 0.25) is 0 Å². The normalized spacial score (nSPS) is 11.6. The van der Waals surface area contributed by atoms with Crippen LogP contribution in [-0.2, 0) is 5.41 Å². The fourth-order valence-corrected chi connectivity index (χ4v) is 1.71. The second kappa shape index (κ2) is 3.21. The quantitative estimate of drug-likeness (QED) is 0.751. The zero-order chi connectivity index (χ0) is 11.1. The molecule has 0 aliphatic carbocycles. The Bertz CT molecular complexity index is 550. The third-order valence-electron chi connectivity index (χ3n) is 2.38. The largest absolute Gasteiger partial charge is 0.346 e. The molecular formula is C10H9ClN4. The molecule has 5 heteroatoms. The molecule has 0 atom stereocenters. The summed E-state index contributed by atoms with van der Waals surface area (Å²) in [5.74, 6) is 0. The lowest BCUT2D eigenvalue weighted by Crippen LogP contribution is -2.13. The lowest BCUT2D eigenvalue weighted by Gasteiger charge is -2.13. The number of H-pyrrole nitrogens is 1. The molecule has 0 aliphatic heterocycles. The van der Waals surface area contributed by atoms with Gasteiger partial charge in [0.25, 0.3) is 0 Å². The lowest BCUT2D eigenvalue weighted by atomic mass is 9.87. The monoisotopic (exact) mass is 220 g/mol. The fourth-order valence-electron chi connectivity index (χ4n) is 1.48. The predicted molar refractivity (Wildman–Crippen MR) is 57.5 cm³/mol. The van der Waals surface area contributed by atoms with Gasteiger partial charge in [0.1, 0.15) is 17.1 Å². The van der Waals surface area contributed by atoms with Crippen LogP contribution in [0.2, 0.25) is 5.15 Å². The first-order chi connectivity index (χ1) is 7.06. The van der Waals surface area contributed by atoms with Crippen LogP contribution in [0, 0.1) is 11.3 Å². The number of aromatic nitrogens is 3. The molecule has 1 N–H and O–H groups in total. The Morgan fingerprint density at radius 3 is 2.87 bits per heavy atom. The molecule has 0 aromatic carbocycles. The van der Waals surface area contributed by atoms with Gasteiger partial charge in [0, 0.05) is 11.8 Å². The van der Waals surface area contributed by atoms with Gasteiger partial charge < -0.3 is 4.98 Å². The lowest BCUT2D eigenvalue weighted by molar-refractivity contribution is 0.693. The minimum Gasteiger partial charge on any atom is -0.346 e. The van der Waals surface area contributed by atoms with Crippen LogP contribution in [0.5, 0.6) is 0 Å². The van der Waals surface area contributed by atoms with E-state index < -0.39 is 5.41 Å². The molecule has 2 heterocycles. The van der Waals surface area contributed by atoms with Crippen molar-refractivity contribution in [2.75, 3.05) is 0 Å². The van der Waals surface area contributed by atoms with Crippen LogP contribution in [0.15, 0.2) is 12.5 Å². The number of hydrogen-bond acceptors (Lipinski definition) is 3. The summed E-state index contributed by atoms with van der Waals surface area (Å²) in [5.41, 5.74) is 0.881. The van der Waals surface area contributed by atoms with Crippen molar-refractivity contribution in [1.82, 2.24) is 15.0 Å². The number of hydrogen-bond donors (Lipinski definition) is 1. The third-order valence-corrected chi connectivity index (χ3v) is 2.66. The number of nitrogens with zero attached hydrogens (tertiary/aromatic N) is 3. The first kappa shape index (κ1) is 9.94. The van der Waals surface area contributed by atoms with Crippen LogP contribution in [0.25, 0.3) is 11.0 Å². The number of rotatable bonds is 1. The summed E-state index contributed by atoms with van der Waals surface area (Å²) in [5, 5.41) is 10.2. The Balaban J connectivity index is 2.80. The fraction of sp³-hybridized carbons (Fsp3) is 0.300. The molecule has 76 valence electrons. The van der Waals surface area contributed by atoms with Crippen molar-refractivity contribution in [3.8, 4) is 6.07 Å². The van der Waals surface area contributed by atoms with Crippen LogP contribution in [0.1, 0.15) is 19.4 Å². The van der Waals surface area contributed by atoms with E-state index in [1.807, 2.05) is 13.8 Å². The highest BCUT2D eigenvalue weighted by atomic mass is 35.5. The van der Waals surface area contributed by atoms with Crippen molar-refractivity contribution in [3.05, 3.63) is 23.2 Å². The van der Waals surface area contributed by atoms with Crippen LogP contribution in [-0.4, -0.2) is 15.0 Å². The highest BCUT2D eigenvalue weighted by Crippen LogP contribution is 2.32. The van der Waals surface area contributed by atoms with Crippen LogP contribution >= 0.6 is 11.6 Å². The van der Waals surface area contributed by atoms with Gasteiger partial charge in [0.05, 0.1) is 16.9 Å². The van der Waals surface area contributed by atoms with E-state index in [0.717, 1.165) is 10.9 Å². The van der Waals surface area contributed by atoms with Gasteiger partial charge in [-0.15, -0.1) is 0 Å². The second-order valence-corrected chi connectivity index (χ2v) is 4.19. The Morgan fingerprint density at radius 1 is 1.47 bits per heavy atom. The maximum absolute atomic E-state index is 9.07. The van der Waals surface area contributed by atoms with Gasteiger partial charge in [-0.2, -0.15) is 5.26 Å². The van der Waals surface area contributed by atoms with Crippen molar-refractivity contribution in [2.45, 2.75) is 19.3 Å². The maximum atomic E-state index is 9.07. The molecule has 15 heavy (non-hydrogen) atoms. The van der Waals surface area contributed by atoms with E-state index in [0.29, 0.717) is 10.8 Å². The van der Waals surface area contributed by atoms with Crippen LogP contribution < -0.4 is 0 Å². The molecular weight excluding hydrogens is 212 g/mol. The summed E-state index contributed by atoms with van der Waals surface area (Å²) >= 11 is 5.99. The first-order valence-corrected chi connectivity index (χ1v) is 4.83. The van der Waals surface area contributed by atoms with Crippen molar-refractivity contribution in [3.63, 3.8) is 0 Å². The number of nitriles is 1. The standard InChI is InChI=1S/C10H9ClN4/c1-10(2,4-12)6-3-13-9-7(6)8(11)14-5-15-9/h3,5H,1-2H3,(H,13,14,15). The minimum atomic E-state index is -0.605. The average Bonchev–Trinajstić information content (AvgIpc) is 2.63. The van der Waals surface area contributed by atoms with Crippen LogP contribution in [0.4, 0.5) is 0 Å². The molecule has 0 radical (unpaired) electrons. The molecule has 0 saturated carbocycles. The van der Waals surface area contributed by atoms with Gasteiger partial charge in [0.15, 0.2) is 0 Å². The van der Waals surface area contributed by atoms with E-state index in [4.69, 9.17) is 16.9 Å². The number of halogens is 1. The smallest absolute Gasteiger partial charge is 0.142 e. The molecule has 0 aliphatic rings. The predicted octanol–water partition coefficient (Wildman–Crippen LogP) is 2.41. The number of aromatic amines is 1. The van der Waals surface area contributed by atoms with Gasteiger partial charge in [-0.05, 0) is 13.8 Å². The molecule has 0 spiro atoms. The average molecular weight is 221 g/mol. The van der Waals surface area contributed by atoms with E-state index in [9.17, 15) is 0 Å². The van der Waals surface area contributed by atoms with E-state index in [2.05, 4.69) is 21.0 Å². The number of fused-ring (bicyclic) bond motifs is 1. The van der Waals surface area contributed by atoms with E-state index in [1.165, 1.54) is 6.33 Å². The van der Waals surface area contributed by atoms with Gasteiger partial charge in [-0.25, -0.2) is 9.97 Å². The topological polar surface area (TPSA) is 65.4 Å². The van der Waals surface area contributed by atoms with Gasteiger partial charge in [-0.3, -0.25) is 0 Å². The van der Waals surface area contributed by atoms with Crippen molar-refractivity contribution in [2.24, 2.45) is 0 Å². The van der Waals surface area contributed by atoms with E-state index >= 15 is 0 Å². The Kier molecular flexibility index (Phi) is 2.13. The summed E-state index contributed by atoms with van der Waals surface area (Å²) in [6, 6.07) is 2.23. The first-order valence-electron chi connectivity index (χ1n) is 4.45. The minimum absolute atomic E-state index is 0.375. The molecule has 0 amide bonds. The van der Waals surface area contributed by atoms with E-state index in [-0.39, 0.29) is 0 Å². The van der Waals surface area contributed by atoms with Crippen molar-refractivity contribution >= 4 is 22.6 Å². The second-order valence-electron chi connectivity index (χ2n) is 3.83. The Hall–Kier alpha value is -1.60. The summed E-state index contributed by atoms with van der Waals surface area (Å²) in [4.78, 5) is 10.9. The highest BCUT2D eigenvalue weighted by molar-refractivity contribution is 6.34. The summed E-state index contributed by atoms with van der Waals surface area (Å²) in [6.45, 7) is 3.66. The summed E-state index contributed by atoms with van der Waals surface area (Å²) in [7, 11) is 0. The highest BCUT2D eigenvalue weighted by Gasteiger charge is 2.25. The van der Waals surface area contributed by atoms with Crippen molar-refractivity contribution in [1.29, 1.82) is 5.26 Å². The molecule has 0 saturated heterocycles. The zero-order valence-corrected chi connectivity index (χ0v) is 9.13. The van der Waals surface area contributed by atoms with Gasteiger partial charge in [-0.1, -0.05) is 11.6 Å².